The molecular weight excluding hydrogens is 315 g/mol. The molecule has 0 fully saturated rings. The predicted molar refractivity (Wildman–Crippen MR) is 71.9 cm³/mol. The molecule has 1 aromatic carbocycles. The monoisotopic (exact) mass is 322 g/mol. The molecular formula is C10H8ClFN2O3S2. The van der Waals surface area contributed by atoms with E-state index in [0.717, 1.165) is 6.07 Å². The summed E-state index contributed by atoms with van der Waals surface area (Å²) in [4.78, 5) is 13.0. The molecule has 0 unspecified atom stereocenters. The molecule has 19 heavy (non-hydrogen) atoms. The zero-order valence-corrected chi connectivity index (χ0v) is 11.9. The van der Waals surface area contributed by atoms with Gasteiger partial charge in [0.15, 0.2) is 4.21 Å². The van der Waals surface area contributed by atoms with Gasteiger partial charge in [-0.25, -0.2) is 12.8 Å². The number of benzene rings is 1. The van der Waals surface area contributed by atoms with Gasteiger partial charge in [-0.1, -0.05) is 22.9 Å². The number of aromatic amines is 1. The highest BCUT2D eigenvalue weighted by Gasteiger charge is 2.21. The zero-order chi connectivity index (χ0) is 14.2. The molecule has 5 nitrogen and oxygen atoms in total. The number of H-pyrrole nitrogens is 1. The van der Waals surface area contributed by atoms with Gasteiger partial charge in [0.1, 0.15) is 5.82 Å². The van der Waals surface area contributed by atoms with E-state index in [0.29, 0.717) is 11.3 Å². The number of halogens is 2. The van der Waals surface area contributed by atoms with Crippen LogP contribution < -0.4 is 9.60 Å². The minimum absolute atomic E-state index is 0.0298. The van der Waals surface area contributed by atoms with E-state index in [-0.39, 0.29) is 20.6 Å². The molecule has 2 rings (SSSR count). The van der Waals surface area contributed by atoms with Crippen LogP contribution in [0.4, 0.5) is 10.1 Å². The van der Waals surface area contributed by atoms with Crippen molar-refractivity contribution < 1.29 is 12.8 Å². The van der Waals surface area contributed by atoms with Gasteiger partial charge < -0.3 is 4.98 Å². The van der Waals surface area contributed by atoms with Crippen LogP contribution in [0.25, 0.3) is 0 Å². The first-order chi connectivity index (χ1) is 8.79. The van der Waals surface area contributed by atoms with Crippen LogP contribution in [0.5, 0.6) is 0 Å². The lowest BCUT2D eigenvalue weighted by molar-refractivity contribution is 0.602. The van der Waals surface area contributed by atoms with Crippen molar-refractivity contribution in [2.75, 3.05) is 4.72 Å². The fraction of sp³-hybridized carbons (Fsp3) is 0.100. The third-order valence-electron chi connectivity index (χ3n) is 2.20. The predicted octanol–water partition coefficient (Wildman–Crippen LogP) is 2.34. The van der Waals surface area contributed by atoms with Crippen molar-refractivity contribution in [3.05, 3.63) is 44.4 Å². The minimum Gasteiger partial charge on any atom is -0.315 e. The average Bonchev–Trinajstić information content (AvgIpc) is 2.63. The zero-order valence-electron chi connectivity index (χ0n) is 9.53. The van der Waals surface area contributed by atoms with Crippen LogP contribution in [0.1, 0.15) is 5.69 Å². The fourth-order valence-corrected chi connectivity index (χ4v) is 3.88. The van der Waals surface area contributed by atoms with Gasteiger partial charge in [0.25, 0.3) is 10.0 Å². The number of hydrogen-bond acceptors (Lipinski definition) is 4. The average molecular weight is 323 g/mol. The summed E-state index contributed by atoms with van der Waals surface area (Å²) < 4.78 is 39.3. The molecule has 1 heterocycles. The van der Waals surface area contributed by atoms with Crippen molar-refractivity contribution >= 4 is 38.6 Å². The van der Waals surface area contributed by atoms with Crippen molar-refractivity contribution in [1.29, 1.82) is 0 Å². The first-order valence-corrected chi connectivity index (χ1v) is 7.65. The maximum absolute atomic E-state index is 13.2. The Kier molecular flexibility index (Phi) is 3.66. The number of nitrogens with one attached hydrogen (secondary N) is 2. The fourth-order valence-electron chi connectivity index (χ4n) is 1.41. The molecule has 0 saturated heterocycles. The third-order valence-corrected chi connectivity index (χ3v) is 5.49. The smallest absolute Gasteiger partial charge is 0.306 e. The molecule has 102 valence electrons. The summed E-state index contributed by atoms with van der Waals surface area (Å²) in [5.74, 6) is -0.735. The van der Waals surface area contributed by atoms with E-state index in [1.54, 1.807) is 0 Å². The van der Waals surface area contributed by atoms with Crippen molar-refractivity contribution in [2.45, 2.75) is 11.1 Å². The molecule has 0 spiro atoms. The van der Waals surface area contributed by atoms with E-state index in [4.69, 9.17) is 11.6 Å². The number of thiazole rings is 1. The van der Waals surface area contributed by atoms with Crippen LogP contribution in [0.3, 0.4) is 0 Å². The second-order valence-electron chi connectivity index (χ2n) is 3.66. The summed E-state index contributed by atoms with van der Waals surface area (Å²) >= 11 is 6.07. The SMILES string of the molecule is Cc1[nH]c(=O)sc1S(=O)(=O)Nc1ccc(Cl)c(F)c1. The summed E-state index contributed by atoms with van der Waals surface area (Å²) in [6, 6.07) is 3.53. The molecule has 2 aromatic rings. The van der Waals surface area contributed by atoms with Gasteiger partial charge in [0, 0.05) is 5.69 Å². The maximum atomic E-state index is 13.2. The summed E-state index contributed by atoms with van der Waals surface area (Å²) in [7, 11) is -3.93. The number of aryl methyl sites for hydroxylation is 1. The summed E-state index contributed by atoms with van der Waals surface area (Å²) in [6.07, 6.45) is 0. The van der Waals surface area contributed by atoms with Crippen LogP contribution in [-0.4, -0.2) is 13.4 Å². The third kappa shape index (κ3) is 2.96. The Morgan fingerprint density at radius 3 is 2.63 bits per heavy atom. The van der Waals surface area contributed by atoms with Crippen LogP contribution in [-0.2, 0) is 10.0 Å². The first-order valence-electron chi connectivity index (χ1n) is 4.97. The Morgan fingerprint density at radius 2 is 2.11 bits per heavy atom. The van der Waals surface area contributed by atoms with E-state index in [9.17, 15) is 17.6 Å². The van der Waals surface area contributed by atoms with E-state index in [1.165, 1.54) is 19.1 Å². The highest BCUT2D eigenvalue weighted by molar-refractivity contribution is 7.94. The van der Waals surface area contributed by atoms with Gasteiger partial charge in [-0.05, 0) is 25.1 Å². The molecule has 0 atom stereocenters. The molecule has 0 saturated carbocycles. The Balaban J connectivity index is 2.39. The lowest BCUT2D eigenvalue weighted by atomic mass is 10.3. The van der Waals surface area contributed by atoms with Gasteiger partial charge in [0.05, 0.1) is 10.7 Å². The lowest BCUT2D eigenvalue weighted by Crippen LogP contribution is -2.12. The number of hydrogen-bond donors (Lipinski definition) is 2. The van der Waals surface area contributed by atoms with Gasteiger partial charge >= 0.3 is 4.87 Å². The highest BCUT2D eigenvalue weighted by Crippen LogP contribution is 2.23. The van der Waals surface area contributed by atoms with E-state index in [2.05, 4.69) is 9.71 Å². The molecule has 9 heteroatoms. The second kappa shape index (κ2) is 4.95. The molecule has 0 radical (unpaired) electrons. The van der Waals surface area contributed by atoms with Crippen molar-refractivity contribution in [3.63, 3.8) is 0 Å². The van der Waals surface area contributed by atoms with Crippen LogP contribution in [0, 0.1) is 12.7 Å². The quantitative estimate of drug-likeness (QED) is 0.910. The van der Waals surface area contributed by atoms with Crippen molar-refractivity contribution in [1.82, 2.24) is 4.98 Å². The number of sulfonamides is 1. The Morgan fingerprint density at radius 1 is 1.42 bits per heavy atom. The summed E-state index contributed by atoms with van der Waals surface area (Å²) in [6.45, 7) is 1.47. The number of aromatic nitrogens is 1. The molecule has 0 amide bonds. The molecule has 1 aromatic heterocycles. The molecule has 0 aliphatic heterocycles. The Hall–Kier alpha value is -1.38. The lowest BCUT2D eigenvalue weighted by Gasteiger charge is -2.07. The normalized spacial score (nSPS) is 11.5. The van der Waals surface area contributed by atoms with E-state index >= 15 is 0 Å². The topological polar surface area (TPSA) is 79.0 Å². The van der Waals surface area contributed by atoms with Gasteiger partial charge in [0.2, 0.25) is 0 Å². The van der Waals surface area contributed by atoms with Gasteiger partial charge in [-0.3, -0.25) is 9.52 Å². The second-order valence-corrected chi connectivity index (χ2v) is 6.93. The standard InChI is InChI=1S/C10H8ClFN2O3S2/c1-5-9(18-10(15)13-5)19(16,17)14-6-2-3-7(11)8(12)4-6/h2-4,14H,1H3,(H,13,15). The van der Waals surface area contributed by atoms with Crippen LogP contribution in [0.2, 0.25) is 5.02 Å². The summed E-state index contributed by atoms with van der Waals surface area (Å²) in [5, 5.41) is -0.106. The largest absolute Gasteiger partial charge is 0.315 e. The number of anilines is 1. The minimum atomic E-state index is -3.93. The summed E-state index contributed by atoms with van der Waals surface area (Å²) in [5.41, 5.74) is 0.263. The molecule has 0 bridgehead atoms. The molecule has 2 N–H and O–H groups in total. The maximum Gasteiger partial charge on any atom is 0.306 e. The molecule has 0 aliphatic carbocycles. The van der Waals surface area contributed by atoms with Gasteiger partial charge in [-0.2, -0.15) is 0 Å². The van der Waals surface area contributed by atoms with E-state index in [1.807, 2.05) is 0 Å². The van der Waals surface area contributed by atoms with Crippen molar-refractivity contribution in [2.24, 2.45) is 0 Å². The van der Waals surface area contributed by atoms with Gasteiger partial charge in [-0.15, -0.1) is 0 Å². The Bertz CT molecular complexity index is 782. The highest BCUT2D eigenvalue weighted by atomic mass is 35.5. The first kappa shape index (κ1) is 14.0. The van der Waals surface area contributed by atoms with Crippen LogP contribution >= 0.6 is 22.9 Å². The molecule has 0 aliphatic rings. The van der Waals surface area contributed by atoms with Crippen molar-refractivity contribution in [3.8, 4) is 0 Å². The van der Waals surface area contributed by atoms with Crippen LogP contribution in [0.15, 0.2) is 27.2 Å². The van der Waals surface area contributed by atoms with E-state index < -0.39 is 20.7 Å². The Labute approximate surface area is 117 Å². The number of rotatable bonds is 3.